The number of hydrogen-bond acceptors (Lipinski definition) is 2. The minimum Gasteiger partial charge on any atom is -0.353 e. The van der Waals surface area contributed by atoms with Gasteiger partial charge in [0.15, 0.2) is 6.29 Å². The van der Waals surface area contributed by atoms with E-state index in [1.165, 1.54) is 16.7 Å². The van der Waals surface area contributed by atoms with Gasteiger partial charge >= 0.3 is 0 Å². The summed E-state index contributed by atoms with van der Waals surface area (Å²) in [6.07, 6.45) is 1.31. The molecular weight excluding hydrogens is 188 g/mol. The quantitative estimate of drug-likeness (QED) is 0.646. The lowest BCUT2D eigenvalue weighted by Gasteiger charge is -2.31. The summed E-state index contributed by atoms with van der Waals surface area (Å²) in [6, 6.07) is 6.68. The predicted molar refractivity (Wildman–Crippen MR) is 57.6 cm³/mol. The Morgan fingerprint density at radius 1 is 1.33 bits per heavy atom. The van der Waals surface area contributed by atoms with Crippen molar-refractivity contribution in [3.8, 4) is 0 Å². The molecule has 0 amide bonds. The van der Waals surface area contributed by atoms with Crippen LogP contribution in [0.15, 0.2) is 18.2 Å². The van der Waals surface area contributed by atoms with Gasteiger partial charge in [-0.3, -0.25) is 0 Å². The maximum atomic E-state index is 5.87. The lowest BCUT2D eigenvalue weighted by molar-refractivity contribution is -0.225. The first kappa shape index (κ1) is 9.37. The molecule has 2 nitrogen and oxygen atoms in total. The first-order valence-electron chi connectivity index (χ1n) is 5.60. The average molecular weight is 204 g/mol. The Hall–Kier alpha value is -0.860. The van der Waals surface area contributed by atoms with Gasteiger partial charge in [0.2, 0.25) is 0 Å². The maximum Gasteiger partial charge on any atom is 0.155 e. The molecule has 3 atom stereocenters. The molecule has 0 unspecified atom stereocenters. The van der Waals surface area contributed by atoms with Gasteiger partial charge in [-0.1, -0.05) is 23.8 Å². The van der Waals surface area contributed by atoms with Crippen molar-refractivity contribution >= 4 is 0 Å². The molecule has 1 fully saturated rings. The zero-order chi connectivity index (χ0) is 10.4. The highest BCUT2D eigenvalue weighted by molar-refractivity contribution is 5.38. The van der Waals surface area contributed by atoms with Crippen LogP contribution in [0.4, 0.5) is 0 Å². The smallest absolute Gasteiger partial charge is 0.155 e. The van der Waals surface area contributed by atoms with Crippen LogP contribution < -0.4 is 0 Å². The molecule has 80 valence electrons. The molecule has 2 heteroatoms. The minimum atomic E-state index is -0.0577. The van der Waals surface area contributed by atoms with E-state index < -0.39 is 0 Å². The third kappa shape index (κ3) is 1.48. The lowest BCUT2D eigenvalue weighted by Crippen LogP contribution is -2.30. The summed E-state index contributed by atoms with van der Waals surface area (Å²) in [5, 5.41) is 0. The summed E-state index contributed by atoms with van der Waals surface area (Å²) < 4.78 is 11.4. The van der Waals surface area contributed by atoms with Crippen LogP contribution in [0.2, 0.25) is 0 Å². The summed E-state index contributed by atoms with van der Waals surface area (Å²) in [7, 11) is 0. The van der Waals surface area contributed by atoms with Crippen LogP contribution in [0.25, 0.3) is 0 Å². The summed E-state index contributed by atoms with van der Waals surface area (Å²) in [5.41, 5.74) is 4.14. The molecule has 0 saturated carbocycles. The zero-order valence-electron chi connectivity index (χ0n) is 9.19. The molecule has 1 aliphatic heterocycles. The molecule has 1 aliphatic carbocycles. The van der Waals surface area contributed by atoms with Crippen molar-refractivity contribution in [2.45, 2.75) is 32.7 Å². The van der Waals surface area contributed by atoms with Crippen LogP contribution in [-0.2, 0) is 15.9 Å². The Bertz CT molecular complexity index is 386. The third-order valence-electron chi connectivity index (χ3n) is 3.40. The Morgan fingerprint density at radius 2 is 2.20 bits per heavy atom. The molecule has 15 heavy (non-hydrogen) atoms. The largest absolute Gasteiger partial charge is 0.353 e. The van der Waals surface area contributed by atoms with Crippen LogP contribution in [0.1, 0.15) is 29.7 Å². The lowest BCUT2D eigenvalue weighted by atomic mass is 10.0. The number of rotatable bonds is 0. The Balaban J connectivity index is 1.98. The van der Waals surface area contributed by atoms with Crippen molar-refractivity contribution in [2.75, 3.05) is 6.61 Å². The first-order valence-corrected chi connectivity index (χ1v) is 5.60. The third-order valence-corrected chi connectivity index (χ3v) is 3.40. The first-order chi connectivity index (χ1) is 7.24. The predicted octanol–water partition coefficient (Wildman–Crippen LogP) is 2.60. The van der Waals surface area contributed by atoms with Crippen molar-refractivity contribution in [1.82, 2.24) is 0 Å². The zero-order valence-corrected chi connectivity index (χ0v) is 9.19. The van der Waals surface area contributed by atoms with Crippen molar-refractivity contribution in [3.05, 3.63) is 34.9 Å². The molecule has 1 aromatic rings. The van der Waals surface area contributed by atoms with Gasteiger partial charge < -0.3 is 9.47 Å². The van der Waals surface area contributed by atoms with Gasteiger partial charge in [-0.05, 0) is 31.4 Å². The Morgan fingerprint density at radius 3 is 3.07 bits per heavy atom. The maximum absolute atomic E-state index is 5.87. The summed E-state index contributed by atoms with van der Waals surface area (Å²) in [5.74, 6) is 0.526. The van der Waals surface area contributed by atoms with E-state index in [2.05, 4.69) is 25.1 Å². The monoisotopic (exact) mass is 204 g/mol. The van der Waals surface area contributed by atoms with Crippen LogP contribution in [-0.4, -0.2) is 12.9 Å². The summed E-state index contributed by atoms with van der Waals surface area (Å²) >= 11 is 0. The molecule has 0 spiro atoms. The van der Waals surface area contributed by atoms with E-state index in [0.29, 0.717) is 5.92 Å². The summed E-state index contributed by atoms with van der Waals surface area (Å²) in [4.78, 5) is 0. The van der Waals surface area contributed by atoms with Gasteiger partial charge in [0, 0.05) is 5.92 Å². The van der Waals surface area contributed by atoms with Crippen LogP contribution in [0.3, 0.4) is 0 Å². The standard InChI is InChI=1S/C13H16O2/c1-8-3-4-10-6-11-7-14-9(2)15-13(11)12(10)5-8/h3-5,9,11,13H,6-7H2,1-2H3/t9-,11-,13+/m1/s1. The number of benzene rings is 1. The van der Waals surface area contributed by atoms with E-state index in [4.69, 9.17) is 9.47 Å². The Labute approximate surface area is 90.2 Å². The number of aryl methyl sites for hydroxylation is 1. The van der Waals surface area contributed by atoms with E-state index in [1.54, 1.807) is 0 Å². The Kier molecular flexibility index (Phi) is 2.08. The van der Waals surface area contributed by atoms with E-state index in [1.807, 2.05) is 6.92 Å². The topological polar surface area (TPSA) is 18.5 Å². The van der Waals surface area contributed by atoms with Crippen LogP contribution in [0.5, 0.6) is 0 Å². The van der Waals surface area contributed by atoms with E-state index in [0.717, 1.165) is 13.0 Å². The molecule has 0 N–H and O–H groups in total. The summed E-state index contributed by atoms with van der Waals surface area (Å²) in [6.45, 7) is 4.94. The van der Waals surface area contributed by atoms with Gasteiger partial charge in [-0.2, -0.15) is 0 Å². The second-order valence-corrected chi connectivity index (χ2v) is 4.62. The van der Waals surface area contributed by atoms with E-state index in [-0.39, 0.29) is 12.4 Å². The van der Waals surface area contributed by atoms with E-state index in [9.17, 15) is 0 Å². The molecule has 0 bridgehead atoms. The van der Waals surface area contributed by atoms with Crippen molar-refractivity contribution < 1.29 is 9.47 Å². The van der Waals surface area contributed by atoms with Gasteiger partial charge in [0.1, 0.15) is 0 Å². The number of hydrogen-bond donors (Lipinski definition) is 0. The molecule has 0 radical (unpaired) electrons. The van der Waals surface area contributed by atoms with Gasteiger partial charge in [-0.25, -0.2) is 0 Å². The minimum absolute atomic E-state index is 0.0577. The number of ether oxygens (including phenoxy) is 2. The molecule has 0 aromatic heterocycles. The SMILES string of the molecule is Cc1ccc2c(c1)[C@H]1O[C@H](C)OC[C@H]1C2. The normalized spacial score (nSPS) is 33.6. The highest BCUT2D eigenvalue weighted by Gasteiger charge is 2.37. The van der Waals surface area contributed by atoms with Gasteiger partial charge in [0.05, 0.1) is 12.7 Å². The molecule has 1 aromatic carbocycles. The fourth-order valence-electron chi connectivity index (χ4n) is 2.64. The van der Waals surface area contributed by atoms with Gasteiger partial charge in [-0.15, -0.1) is 0 Å². The van der Waals surface area contributed by atoms with Crippen LogP contribution in [0, 0.1) is 12.8 Å². The van der Waals surface area contributed by atoms with Crippen molar-refractivity contribution in [3.63, 3.8) is 0 Å². The fraction of sp³-hybridized carbons (Fsp3) is 0.538. The molecule has 3 rings (SSSR count). The molecule has 1 saturated heterocycles. The number of fused-ring (bicyclic) bond motifs is 3. The highest BCUT2D eigenvalue weighted by atomic mass is 16.7. The molecular formula is C13H16O2. The van der Waals surface area contributed by atoms with Crippen LogP contribution >= 0.6 is 0 Å². The fourth-order valence-corrected chi connectivity index (χ4v) is 2.64. The molecule has 2 aliphatic rings. The molecule has 1 heterocycles. The average Bonchev–Trinajstić information content (AvgIpc) is 2.56. The van der Waals surface area contributed by atoms with Gasteiger partial charge in [0.25, 0.3) is 0 Å². The van der Waals surface area contributed by atoms with Crippen molar-refractivity contribution in [1.29, 1.82) is 0 Å². The highest BCUT2D eigenvalue weighted by Crippen LogP contribution is 2.42. The second-order valence-electron chi connectivity index (χ2n) is 4.62. The van der Waals surface area contributed by atoms with E-state index >= 15 is 0 Å². The second kappa shape index (κ2) is 3.32. The van der Waals surface area contributed by atoms with Crippen molar-refractivity contribution in [2.24, 2.45) is 5.92 Å².